The number of amides is 1. The van der Waals surface area contributed by atoms with Crippen LogP contribution in [0.3, 0.4) is 0 Å². The molecule has 1 aliphatic rings. The average Bonchev–Trinajstić information content (AvgIpc) is 3.37. The molecule has 2 aromatic heterocycles. The molecule has 0 spiro atoms. The average molecular weight is 476 g/mol. The number of aryl methyl sites for hydroxylation is 1. The largest absolute Gasteiger partial charge is 0.343 e. The second-order valence-electron chi connectivity index (χ2n) is 6.91. The van der Waals surface area contributed by atoms with Crippen LogP contribution in [0, 0.1) is 0 Å². The Hall–Kier alpha value is -1.53. The predicted octanol–water partition coefficient (Wildman–Crippen LogP) is 2.09. The van der Waals surface area contributed by atoms with Gasteiger partial charge in [0.25, 0.3) is 10.0 Å². The molecule has 166 valence electrons. The molecule has 0 radical (unpaired) electrons. The Kier molecular flexibility index (Phi) is 7.86. The molecule has 3 heterocycles. The maximum Gasteiger partial charge on any atom is 0.252 e. The van der Waals surface area contributed by atoms with Crippen LogP contribution in [-0.2, 0) is 27.8 Å². The van der Waals surface area contributed by atoms with Gasteiger partial charge in [-0.2, -0.15) is 9.29 Å². The van der Waals surface area contributed by atoms with Crippen LogP contribution in [0.1, 0.15) is 32.0 Å². The normalized spacial score (nSPS) is 16.1. The van der Waals surface area contributed by atoms with Gasteiger partial charge in [-0.05, 0) is 26.0 Å². The number of hydrogen-bond donors (Lipinski definition) is 0. The fraction of sp³-hybridized carbons (Fsp3) is 0.611. The molecule has 12 heteroatoms. The number of aromatic nitrogens is 2. The molecule has 1 fully saturated rings. The van der Waals surface area contributed by atoms with Crippen LogP contribution >= 0.6 is 22.9 Å². The van der Waals surface area contributed by atoms with Gasteiger partial charge in [0.15, 0.2) is 5.82 Å². The SMILES string of the molecule is CCN(CC)C(=O)CCc1nc(CN2CCN(S(=O)(=O)c3ccc(Cl)s3)CC2)no1. The molecule has 1 saturated heterocycles. The molecule has 30 heavy (non-hydrogen) atoms. The van der Waals surface area contributed by atoms with Crippen molar-refractivity contribution in [3.8, 4) is 0 Å². The van der Waals surface area contributed by atoms with Crippen molar-refractivity contribution in [1.82, 2.24) is 24.2 Å². The molecule has 1 aliphatic heterocycles. The molecular weight excluding hydrogens is 450 g/mol. The number of sulfonamides is 1. The Morgan fingerprint density at radius 3 is 2.53 bits per heavy atom. The van der Waals surface area contributed by atoms with Crippen LogP contribution in [0.25, 0.3) is 0 Å². The second-order valence-corrected chi connectivity index (χ2v) is 10.8. The third kappa shape index (κ3) is 5.58. The minimum absolute atomic E-state index is 0.0732. The zero-order chi connectivity index (χ0) is 21.7. The standard InChI is InChI=1S/C18H26ClN5O4S2/c1-3-23(4-2)17(25)7-6-16-20-15(21-28-16)13-22-9-11-24(12-10-22)30(26,27)18-8-5-14(19)29-18/h5,8H,3-4,6-7,9-13H2,1-2H3. The first kappa shape index (κ1) is 23.1. The maximum absolute atomic E-state index is 12.7. The van der Waals surface area contributed by atoms with Gasteiger partial charge in [0, 0.05) is 52.1 Å². The van der Waals surface area contributed by atoms with E-state index in [9.17, 15) is 13.2 Å². The van der Waals surface area contributed by atoms with Gasteiger partial charge in [-0.25, -0.2) is 8.42 Å². The molecule has 0 unspecified atom stereocenters. The molecule has 0 aliphatic carbocycles. The van der Waals surface area contributed by atoms with E-state index >= 15 is 0 Å². The van der Waals surface area contributed by atoms with Crippen molar-refractivity contribution in [2.75, 3.05) is 39.3 Å². The Bertz CT molecular complexity index is 949. The van der Waals surface area contributed by atoms with Crippen molar-refractivity contribution >= 4 is 38.9 Å². The number of thiophene rings is 1. The van der Waals surface area contributed by atoms with Crippen LogP contribution in [-0.4, -0.2) is 77.8 Å². The molecule has 0 saturated carbocycles. The van der Waals surface area contributed by atoms with Gasteiger partial charge in [0.05, 0.1) is 10.9 Å². The Morgan fingerprint density at radius 2 is 1.93 bits per heavy atom. The van der Waals surface area contributed by atoms with Crippen molar-refractivity contribution in [1.29, 1.82) is 0 Å². The summed E-state index contributed by atoms with van der Waals surface area (Å²) < 4.78 is 32.8. The highest BCUT2D eigenvalue weighted by Crippen LogP contribution is 2.28. The first-order valence-electron chi connectivity index (χ1n) is 9.90. The van der Waals surface area contributed by atoms with Crippen molar-refractivity contribution in [3.63, 3.8) is 0 Å². The third-order valence-electron chi connectivity index (χ3n) is 5.02. The predicted molar refractivity (Wildman–Crippen MR) is 114 cm³/mol. The van der Waals surface area contributed by atoms with Gasteiger partial charge in [-0.1, -0.05) is 16.8 Å². The molecule has 3 rings (SSSR count). The number of piperazine rings is 1. The molecule has 0 N–H and O–H groups in total. The summed E-state index contributed by atoms with van der Waals surface area (Å²) in [7, 11) is -3.51. The van der Waals surface area contributed by atoms with E-state index in [1.54, 1.807) is 17.0 Å². The molecule has 1 amide bonds. The number of halogens is 1. The van der Waals surface area contributed by atoms with Crippen LogP contribution in [0.4, 0.5) is 0 Å². The molecule has 2 aromatic rings. The maximum atomic E-state index is 12.7. The van der Waals surface area contributed by atoms with E-state index in [1.165, 1.54) is 4.31 Å². The summed E-state index contributed by atoms with van der Waals surface area (Å²) in [6, 6.07) is 3.14. The summed E-state index contributed by atoms with van der Waals surface area (Å²) in [5.74, 6) is 1.06. The van der Waals surface area contributed by atoms with Gasteiger partial charge in [-0.15, -0.1) is 11.3 Å². The Morgan fingerprint density at radius 1 is 1.23 bits per heavy atom. The minimum atomic E-state index is -3.51. The fourth-order valence-electron chi connectivity index (χ4n) is 3.30. The van der Waals surface area contributed by atoms with E-state index in [-0.39, 0.29) is 10.1 Å². The number of carbonyl (C=O) groups is 1. The number of rotatable bonds is 9. The van der Waals surface area contributed by atoms with Gasteiger partial charge < -0.3 is 9.42 Å². The lowest BCUT2D eigenvalue weighted by molar-refractivity contribution is -0.130. The van der Waals surface area contributed by atoms with Crippen molar-refractivity contribution in [2.24, 2.45) is 0 Å². The van der Waals surface area contributed by atoms with Gasteiger partial charge in [0.1, 0.15) is 4.21 Å². The van der Waals surface area contributed by atoms with Crippen LogP contribution in [0.5, 0.6) is 0 Å². The summed E-state index contributed by atoms with van der Waals surface area (Å²) in [6.45, 7) is 7.68. The quantitative estimate of drug-likeness (QED) is 0.547. The van der Waals surface area contributed by atoms with E-state index < -0.39 is 10.0 Å². The second kappa shape index (κ2) is 10.2. The molecule has 0 bridgehead atoms. The summed E-state index contributed by atoms with van der Waals surface area (Å²) in [5, 5.41) is 3.99. The molecule has 0 atom stereocenters. The van der Waals surface area contributed by atoms with Gasteiger partial charge in [-0.3, -0.25) is 9.69 Å². The van der Waals surface area contributed by atoms with Crippen molar-refractivity contribution in [2.45, 2.75) is 37.4 Å². The highest BCUT2D eigenvalue weighted by Gasteiger charge is 2.30. The van der Waals surface area contributed by atoms with Crippen LogP contribution in [0.2, 0.25) is 4.34 Å². The fourth-order valence-corrected chi connectivity index (χ4v) is 6.36. The first-order chi connectivity index (χ1) is 14.3. The lowest BCUT2D eigenvalue weighted by Gasteiger charge is -2.32. The lowest BCUT2D eigenvalue weighted by Crippen LogP contribution is -2.48. The summed E-state index contributed by atoms with van der Waals surface area (Å²) >= 11 is 6.94. The zero-order valence-corrected chi connectivity index (χ0v) is 19.5. The van der Waals surface area contributed by atoms with E-state index in [0.717, 1.165) is 11.3 Å². The van der Waals surface area contributed by atoms with Crippen LogP contribution in [0.15, 0.2) is 20.9 Å². The number of nitrogens with zero attached hydrogens (tertiary/aromatic N) is 5. The van der Waals surface area contributed by atoms with Gasteiger partial charge >= 0.3 is 0 Å². The van der Waals surface area contributed by atoms with Crippen molar-refractivity contribution in [3.05, 3.63) is 28.2 Å². The van der Waals surface area contributed by atoms with E-state index in [0.29, 0.717) is 74.7 Å². The zero-order valence-electron chi connectivity index (χ0n) is 17.1. The summed E-state index contributed by atoms with van der Waals surface area (Å²) in [5.41, 5.74) is 0. The van der Waals surface area contributed by atoms with Crippen molar-refractivity contribution < 1.29 is 17.7 Å². The Labute approximate surface area is 185 Å². The third-order valence-corrected chi connectivity index (χ3v) is 8.62. The number of carbonyl (C=O) groups excluding carboxylic acids is 1. The highest BCUT2D eigenvalue weighted by molar-refractivity contribution is 7.91. The van der Waals surface area contributed by atoms with E-state index in [1.807, 2.05) is 13.8 Å². The van der Waals surface area contributed by atoms with Crippen LogP contribution < -0.4 is 0 Å². The summed E-state index contributed by atoms with van der Waals surface area (Å²) in [4.78, 5) is 20.3. The van der Waals surface area contributed by atoms with E-state index in [2.05, 4.69) is 15.0 Å². The lowest BCUT2D eigenvalue weighted by atomic mass is 10.2. The van der Waals surface area contributed by atoms with Gasteiger partial charge in [0.2, 0.25) is 11.8 Å². The topological polar surface area (TPSA) is 99.9 Å². The minimum Gasteiger partial charge on any atom is -0.343 e. The van der Waals surface area contributed by atoms with E-state index in [4.69, 9.17) is 16.1 Å². The number of hydrogen-bond acceptors (Lipinski definition) is 8. The smallest absolute Gasteiger partial charge is 0.252 e. The Balaban J connectivity index is 1.48. The first-order valence-corrected chi connectivity index (χ1v) is 12.5. The summed E-state index contributed by atoms with van der Waals surface area (Å²) in [6.07, 6.45) is 0.754. The molecule has 0 aromatic carbocycles. The highest BCUT2D eigenvalue weighted by atomic mass is 35.5. The molecule has 9 nitrogen and oxygen atoms in total. The molecular formula is C18H26ClN5O4S2. The monoisotopic (exact) mass is 475 g/mol.